The molecule has 4 heteroatoms. The molecule has 30 heavy (non-hydrogen) atoms. The second kappa shape index (κ2) is 8.65. The van der Waals surface area contributed by atoms with Gasteiger partial charge in [-0.3, -0.25) is 0 Å². The summed E-state index contributed by atoms with van der Waals surface area (Å²) in [7, 11) is 0. The van der Waals surface area contributed by atoms with Crippen molar-refractivity contribution >= 4 is 0 Å². The molecule has 2 unspecified atom stereocenters. The zero-order chi connectivity index (χ0) is 21.3. The highest BCUT2D eigenvalue weighted by molar-refractivity contribution is 5.71. The second-order valence-electron chi connectivity index (χ2n) is 7.99. The minimum Gasteiger partial charge on any atom is -0.378 e. The van der Waals surface area contributed by atoms with Gasteiger partial charge in [-0.05, 0) is 60.1 Å². The van der Waals surface area contributed by atoms with Crippen LogP contribution in [0.3, 0.4) is 0 Å². The van der Waals surface area contributed by atoms with Crippen LogP contribution in [0.4, 0.5) is 13.2 Å². The predicted octanol–water partition coefficient (Wildman–Crippen LogP) is 7.28. The topological polar surface area (TPSA) is 9.23 Å². The molecular formula is C26H25F3O. The van der Waals surface area contributed by atoms with Crippen LogP contribution >= 0.6 is 0 Å². The van der Waals surface area contributed by atoms with Gasteiger partial charge in [0, 0.05) is 11.5 Å². The Balaban J connectivity index is 1.57. The third kappa shape index (κ3) is 4.01. The zero-order valence-corrected chi connectivity index (χ0v) is 17.2. The van der Waals surface area contributed by atoms with Gasteiger partial charge in [-0.15, -0.1) is 0 Å². The summed E-state index contributed by atoms with van der Waals surface area (Å²) in [5.74, 6) is -1.77. The summed E-state index contributed by atoms with van der Waals surface area (Å²) in [5.41, 5.74) is 3.44. The molecule has 0 saturated carbocycles. The van der Waals surface area contributed by atoms with Crippen LogP contribution in [0.2, 0.25) is 0 Å². The molecule has 0 bridgehead atoms. The summed E-state index contributed by atoms with van der Waals surface area (Å²) in [5, 5.41) is 0. The van der Waals surface area contributed by atoms with E-state index in [-0.39, 0.29) is 23.4 Å². The van der Waals surface area contributed by atoms with Gasteiger partial charge < -0.3 is 4.74 Å². The Bertz CT molecular complexity index is 1030. The van der Waals surface area contributed by atoms with Crippen LogP contribution in [0, 0.1) is 17.5 Å². The first-order chi connectivity index (χ1) is 14.5. The lowest BCUT2D eigenvalue weighted by Crippen LogP contribution is -2.22. The van der Waals surface area contributed by atoms with Gasteiger partial charge >= 0.3 is 0 Å². The molecule has 1 aliphatic rings. The SMILES string of the molecule is CCc1ccc(-c2ccc(-c3ccc(C4CCC(C)OC4)c(F)c3)cc2)c(F)c1F. The fourth-order valence-corrected chi connectivity index (χ4v) is 4.09. The minimum absolute atomic E-state index is 0.0848. The van der Waals surface area contributed by atoms with Crippen LogP contribution in [-0.4, -0.2) is 12.7 Å². The Kier molecular flexibility index (Phi) is 5.96. The fourth-order valence-electron chi connectivity index (χ4n) is 4.09. The minimum atomic E-state index is -0.832. The highest BCUT2D eigenvalue weighted by atomic mass is 19.2. The van der Waals surface area contributed by atoms with Crippen molar-refractivity contribution in [3.63, 3.8) is 0 Å². The number of rotatable bonds is 4. The van der Waals surface area contributed by atoms with Gasteiger partial charge in [0.05, 0.1) is 12.7 Å². The second-order valence-corrected chi connectivity index (χ2v) is 7.99. The van der Waals surface area contributed by atoms with Crippen LogP contribution in [-0.2, 0) is 11.2 Å². The molecule has 156 valence electrons. The van der Waals surface area contributed by atoms with Crippen molar-refractivity contribution < 1.29 is 17.9 Å². The summed E-state index contributed by atoms with van der Waals surface area (Å²) in [6.07, 6.45) is 2.53. The van der Waals surface area contributed by atoms with Crippen molar-refractivity contribution in [3.8, 4) is 22.3 Å². The number of aryl methyl sites for hydroxylation is 1. The number of halogens is 3. The first kappa shape index (κ1) is 20.7. The standard InChI is InChI=1S/C26H25F3O/c1-3-17-10-13-23(26(29)25(17)28)19-8-6-18(7-9-19)20-11-12-22(24(27)14-20)21-5-4-16(2)30-15-21/h6-14,16,21H,3-5,15H2,1-2H3. The molecule has 0 radical (unpaired) electrons. The molecule has 1 heterocycles. The van der Waals surface area contributed by atoms with Crippen molar-refractivity contribution in [1.29, 1.82) is 0 Å². The molecule has 1 fully saturated rings. The van der Waals surface area contributed by atoms with Crippen LogP contribution < -0.4 is 0 Å². The van der Waals surface area contributed by atoms with E-state index in [1.165, 1.54) is 0 Å². The van der Waals surface area contributed by atoms with Crippen LogP contribution in [0.15, 0.2) is 54.6 Å². The average molecular weight is 410 g/mol. The molecule has 4 rings (SSSR count). The van der Waals surface area contributed by atoms with E-state index in [9.17, 15) is 13.2 Å². The summed E-state index contributed by atoms with van der Waals surface area (Å²) >= 11 is 0. The predicted molar refractivity (Wildman–Crippen MR) is 114 cm³/mol. The number of hydrogen-bond acceptors (Lipinski definition) is 1. The lowest BCUT2D eigenvalue weighted by atomic mass is 9.90. The monoisotopic (exact) mass is 410 g/mol. The van der Waals surface area contributed by atoms with Crippen LogP contribution in [0.25, 0.3) is 22.3 Å². The lowest BCUT2D eigenvalue weighted by molar-refractivity contribution is 0.0148. The first-order valence-electron chi connectivity index (χ1n) is 10.5. The molecule has 0 aromatic heterocycles. The van der Waals surface area contributed by atoms with Crippen molar-refractivity contribution in [1.82, 2.24) is 0 Å². The molecule has 3 aromatic carbocycles. The fraction of sp³-hybridized carbons (Fsp3) is 0.308. The van der Waals surface area contributed by atoms with Gasteiger partial charge in [0.2, 0.25) is 0 Å². The first-order valence-corrected chi connectivity index (χ1v) is 10.5. The number of benzene rings is 3. The molecule has 2 atom stereocenters. The van der Waals surface area contributed by atoms with Crippen LogP contribution in [0.1, 0.15) is 43.7 Å². The average Bonchev–Trinajstić information content (AvgIpc) is 2.76. The van der Waals surface area contributed by atoms with Gasteiger partial charge in [-0.25, -0.2) is 13.2 Å². The largest absolute Gasteiger partial charge is 0.378 e. The van der Waals surface area contributed by atoms with E-state index in [0.29, 0.717) is 29.7 Å². The third-order valence-corrected chi connectivity index (χ3v) is 6.02. The highest BCUT2D eigenvalue weighted by Crippen LogP contribution is 2.33. The number of hydrogen-bond donors (Lipinski definition) is 0. The van der Waals surface area contributed by atoms with Gasteiger partial charge in [-0.2, -0.15) is 0 Å². The molecule has 3 aromatic rings. The Labute approximate surface area is 175 Å². The normalized spacial score (nSPS) is 19.1. The van der Waals surface area contributed by atoms with Gasteiger partial charge in [0.15, 0.2) is 11.6 Å². The van der Waals surface area contributed by atoms with E-state index in [1.54, 1.807) is 49.4 Å². The summed E-state index contributed by atoms with van der Waals surface area (Å²) in [6.45, 7) is 4.38. The maximum atomic E-state index is 14.8. The van der Waals surface area contributed by atoms with E-state index < -0.39 is 11.6 Å². The summed E-state index contributed by atoms with van der Waals surface area (Å²) in [4.78, 5) is 0. The summed E-state index contributed by atoms with van der Waals surface area (Å²) < 4.78 is 49.0. The van der Waals surface area contributed by atoms with E-state index in [4.69, 9.17) is 4.74 Å². The quantitative estimate of drug-likeness (QED) is 0.439. The maximum Gasteiger partial charge on any atom is 0.166 e. The van der Waals surface area contributed by atoms with Crippen molar-refractivity contribution in [2.24, 2.45) is 0 Å². The van der Waals surface area contributed by atoms with E-state index in [0.717, 1.165) is 24.0 Å². The van der Waals surface area contributed by atoms with Gasteiger partial charge in [0.1, 0.15) is 5.82 Å². The number of ether oxygens (including phenoxy) is 1. The lowest BCUT2D eigenvalue weighted by Gasteiger charge is -2.27. The highest BCUT2D eigenvalue weighted by Gasteiger charge is 2.23. The Hall–Kier alpha value is -2.59. The molecule has 1 aliphatic heterocycles. The Morgan fingerprint density at radius 2 is 1.53 bits per heavy atom. The smallest absolute Gasteiger partial charge is 0.166 e. The molecule has 1 saturated heterocycles. The summed E-state index contributed by atoms with van der Waals surface area (Å²) in [6, 6.07) is 15.6. The molecule has 0 N–H and O–H groups in total. The molecule has 0 aliphatic carbocycles. The van der Waals surface area contributed by atoms with E-state index in [2.05, 4.69) is 0 Å². The van der Waals surface area contributed by atoms with E-state index >= 15 is 0 Å². The Morgan fingerprint density at radius 1 is 0.833 bits per heavy atom. The van der Waals surface area contributed by atoms with Gasteiger partial charge in [-0.1, -0.05) is 55.5 Å². The molecule has 1 nitrogen and oxygen atoms in total. The van der Waals surface area contributed by atoms with Gasteiger partial charge in [0.25, 0.3) is 0 Å². The molecule has 0 amide bonds. The van der Waals surface area contributed by atoms with Crippen molar-refractivity contribution in [3.05, 3.63) is 83.2 Å². The van der Waals surface area contributed by atoms with Crippen molar-refractivity contribution in [2.75, 3.05) is 6.61 Å². The Morgan fingerprint density at radius 3 is 2.17 bits per heavy atom. The maximum absolute atomic E-state index is 14.8. The molecular weight excluding hydrogens is 385 g/mol. The van der Waals surface area contributed by atoms with Crippen molar-refractivity contribution in [2.45, 2.75) is 45.1 Å². The van der Waals surface area contributed by atoms with E-state index in [1.807, 2.05) is 19.1 Å². The third-order valence-electron chi connectivity index (χ3n) is 6.02. The molecule has 0 spiro atoms. The van der Waals surface area contributed by atoms with Crippen LogP contribution in [0.5, 0.6) is 0 Å². The zero-order valence-electron chi connectivity index (χ0n) is 17.2.